The largest absolute Gasteiger partial charge is 0.326 e. The molecule has 0 unspecified atom stereocenters. The topological polar surface area (TPSA) is 20.3 Å². The number of benzene rings is 1. The molecule has 1 aromatic rings. The quantitative estimate of drug-likeness (QED) is 0.527. The van der Waals surface area contributed by atoms with Crippen molar-refractivity contribution >= 4 is 17.0 Å². The van der Waals surface area contributed by atoms with E-state index in [1.807, 2.05) is 37.3 Å². The second kappa shape index (κ2) is 4.28. The molecule has 1 atom stereocenters. The number of rotatable bonds is 2. The summed E-state index contributed by atoms with van der Waals surface area (Å²) in [5.41, 5.74) is 1.08. The number of nitrogens with zero attached hydrogens (tertiary/aromatic N) is 1. The summed E-state index contributed by atoms with van der Waals surface area (Å²) in [7, 11) is 1.69. The molecule has 0 aliphatic heterocycles. The van der Waals surface area contributed by atoms with Crippen LogP contribution in [0.1, 0.15) is 18.5 Å². The van der Waals surface area contributed by atoms with Crippen LogP contribution in [0.25, 0.3) is 0 Å². The Balaban J connectivity index is 2.79. The maximum atomic E-state index is 10.8. The fourth-order valence-corrected chi connectivity index (χ4v) is 1.25. The van der Waals surface area contributed by atoms with E-state index < -0.39 is 5.37 Å². The van der Waals surface area contributed by atoms with Gasteiger partial charge in [-0.15, -0.1) is 0 Å². The molecule has 0 saturated heterocycles. The van der Waals surface area contributed by atoms with E-state index in [0.29, 0.717) is 0 Å². The third-order valence-electron chi connectivity index (χ3n) is 2.14. The zero-order chi connectivity index (χ0) is 9.84. The molecule has 1 amide bonds. The average Bonchev–Trinajstić information content (AvgIpc) is 2.17. The molecule has 1 aromatic carbocycles. The zero-order valence-corrected chi connectivity index (χ0v) is 8.45. The van der Waals surface area contributed by atoms with Gasteiger partial charge in [0.1, 0.15) is 0 Å². The molecular formula is C10H12ClNO. The molecule has 3 heteroatoms. The van der Waals surface area contributed by atoms with Gasteiger partial charge < -0.3 is 4.90 Å². The highest BCUT2D eigenvalue weighted by molar-refractivity contribution is 6.62. The molecule has 0 spiro atoms. The average molecular weight is 198 g/mol. The van der Waals surface area contributed by atoms with Crippen molar-refractivity contribution in [2.24, 2.45) is 0 Å². The Morgan fingerprint density at radius 3 is 2.38 bits per heavy atom. The van der Waals surface area contributed by atoms with E-state index in [9.17, 15) is 4.79 Å². The highest BCUT2D eigenvalue weighted by Gasteiger charge is 2.14. The third kappa shape index (κ3) is 2.46. The smallest absolute Gasteiger partial charge is 0.316 e. The molecule has 13 heavy (non-hydrogen) atoms. The number of carbonyl (C=O) groups is 1. The van der Waals surface area contributed by atoms with Crippen molar-refractivity contribution in [2.45, 2.75) is 13.0 Å². The van der Waals surface area contributed by atoms with Crippen LogP contribution < -0.4 is 0 Å². The Hall–Kier alpha value is -1.02. The second-order valence-corrected chi connectivity index (χ2v) is 3.27. The summed E-state index contributed by atoms with van der Waals surface area (Å²) in [5, 5.41) is -0.434. The molecule has 0 heterocycles. The summed E-state index contributed by atoms with van der Waals surface area (Å²) >= 11 is 5.36. The molecule has 0 radical (unpaired) electrons. The van der Waals surface area contributed by atoms with Gasteiger partial charge >= 0.3 is 5.37 Å². The first-order chi connectivity index (χ1) is 6.13. The summed E-state index contributed by atoms with van der Waals surface area (Å²) in [4.78, 5) is 12.3. The maximum absolute atomic E-state index is 10.8. The molecule has 70 valence electrons. The van der Waals surface area contributed by atoms with E-state index in [1.54, 1.807) is 7.05 Å². The lowest BCUT2D eigenvalue weighted by atomic mass is 10.1. The molecule has 2 nitrogen and oxygen atoms in total. The van der Waals surface area contributed by atoms with E-state index in [0.717, 1.165) is 5.56 Å². The van der Waals surface area contributed by atoms with Crippen LogP contribution >= 0.6 is 11.6 Å². The van der Waals surface area contributed by atoms with Gasteiger partial charge in [-0.2, -0.15) is 0 Å². The number of hydrogen-bond acceptors (Lipinski definition) is 1. The second-order valence-electron chi connectivity index (χ2n) is 2.95. The summed E-state index contributed by atoms with van der Waals surface area (Å²) in [6.45, 7) is 1.94. The van der Waals surface area contributed by atoms with Crippen LogP contribution in [0.2, 0.25) is 0 Å². The molecule has 1 rings (SSSR count). The molecule has 0 fully saturated rings. The van der Waals surface area contributed by atoms with Gasteiger partial charge in [0.25, 0.3) is 0 Å². The van der Waals surface area contributed by atoms with Crippen LogP contribution in [-0.2, 0) is 0 Å². The molecule has 0 aliphatic rings. The standard InChI is InChI=1S/C10H12ClNO/c1-8(12(2)10(11)13)9-6-4-3-5-7-9/h3-8H,1-2H3/t8-/m1/s1. The Morgan fingerprint density at radius 1 is 1.38 bits per heavy atom. The first-order valence-corrected chi connectivity index (χ1v) is 4.48. The fraction of sp³-hybridized carbons (Fsp3) is 0.300. The first kappa shape index (κ1) is 10.1. The van der Waals surface area contributed by atoms with E-state index in [-0.39, 0.29) is 6.04 Å². The zero-order valence-electron chi connectivity index (χ0n) is 7.70. The molecule has 0 aromatic heterocycles. The lowest BCUT2D eigenvalue weighted by Gasteiger charge is -2.22. The van der Waals surface area contributed by atoms with Crippen LogP contribution in [0.3, 0.4) is 0 Å². The fourth-order valence-electron chi connectivity index (χ4n) is 1.11. The van der Waals surface area contributed by atoms with Crippen molar-refractivity contribution in [1.82, 2.24) is 4.90 Å². The lowest BCUT2D eigenvalue weighted by Crippen LogP contribution is -2.24. The summed E-state index contributed by atoms with van der Waals surface area (Å²) in [6.07, 6.45) is 0. The van der Waals surface area contributed by atoms with Gasteiger partial charge in [-0.3, -0.25) is 4.79 Å². The van der Waals surface area contributed by atoms with E-state index >= 15 is 0 Å². The molecular weight excluding hydrogens is 186 g/mol. The summed E-state index contributed by atoms with van der Waals surface area (Å²) in [6, 6.07) is 9.79. The van der Waals surface area contributed by atoms with Crippen molar-refractivity contribution in [3.8, 4) is 0 Å². The Labute approximate surface area is 83.1 Å². The molecule has 0 aliphatic carbocycles. The van der Waals surface area contributed by atoms with E-state index in [4.69, 9.17) is 11.6 Å². The predicted octanol–water partition coefficient (Wildman–Crippen LogP) is 3.04. The highest BCUT2D eigenvalue weighted by Crippen LogP contribution is 2.18. The predicted molar refractivity (Wildman–Crippen MR) is 53.9 cm³/mol. The van der Waals surface area contributed by atoms with Gasteiger partial charge in [-0.05, 0) is 24.1 Å². The Morgan fingerprint density at radius 2 is 1.92 bits per heavy atom. The van der Waals surface area contributed by atoms with Gasteiger partial charge in [0.15, 0.2) is 0 Å². The number of halogens is 1. The molecule has 0 saturated carbocycles. The van der Waals surface area contributed by atoms with Crippen LogP contribution in [0.5, 0.6) is 0 Å². The Bertz CT molecular complexity index is 286. The van der Waals surface area contributed by atoms with Crippen LogP contribution in [0.15, 0.2) is 30.3 Å². The normalized spacial score (nSPS) is 12.2. The number of amides is 1. The van der Waals surface area contributed by atoms with Gasteiger partial charge in [-0.1, -0.05) is 30.3 Å². The maximum Gasteiger partial charge on any atom is 0.316 e. The van der Waals surface area contributed by atoms with Crippen molar-refractivity contribution in [3.05, 3.63) is 35.9 Å². The number of hydrogen-bond donors (Lipinski definition) is 0. The van der Waals surface area contributed by atoms with Crippen LogP contribution in [0, 0.1) is 0 Å². The minimum absolute atomic E-state index is 0.0196. The minimum atomic E-state index is -0.434. The summed E-state index contributed by atoms with van der Waals surface area (Å²) in [5.74, 6) is 0. The van der Waals surface area contributed by atoms with Crippen molar-refractivity contribution in [1.29, 1.82) is 0 Å². The Kier molecular flexibility index (Phi) is 3.32. The van der Waals surface area contributed by atoms with E-state index in [1.165, 1.54) is 4.90 Å². The van der Waals surface area contributed by atoms with Crippen molar-refractivity contribution in [3.63, 3.8) is 0 Å². The monoisotopic (exact) mass is 197 g/mol. The van der Waals surface area contributed by atoms with Crippen LogP contribution in [-0.4, -0.2) is 17.3 Å². The van der Waals surface area contributed by atoms with Crippen LogP contribution in [0.4, 0.5) is 4.79 Å². The van der Waals surface area contributed by atoms with Gasteiger partial charge in [0.2, 0.25) is 0 Å². The minimum Gasteiger partial charge on any atom is -0.326 e. The third-order valence-corrected chi connectivity index (χ3v) is 2.41. The number of carbonyl (C=O) groups excluding carboxylic acids is 1. The molecule has 0 bridgehead atoms. The van der Waals surface area contributed by atoms with Crippen molar-refractivity contribution < 1.29 is 4.79 Å². The lowest BCUT2D eigenvalue weighted by molar-refractivity contribution is 0.218. The summed E-state index contributed by atoms with van der Waals surface area (Å²) < 4.78 is 0. The van der Waals surface area contributed by atoms with Gasteiger partial charge in [0.05, 0.1) is 6.04 Å². The SMILES string of the molecule is C[C@H](c1ccccc1)N(C)C(=O)Cl. The van der Waals surface area contributed by atoms with Crippen molar-refractivity contribution in [2.75, 3.05) is 7.05 Å². The van der Waals surface area contributed by atoms with Gasteiger partial charge in [0, 0.05) is 7.05 Å². The van der Waals surface area contributed by atoms with Gasteiger partial charge in [-0.25, -0.2) is 0 Å². The molecule has 0 N–H and O–H groups in total. The van der Waals surface area contributed by atoms with E-state index in [2.05, 4.69) is 0 Å². The highest BCUT2D eigenvalue weighted by atomic mass is 35.5. The first-order valence-electron chi connectivity index (χ1n) is 4.10.